The number of aliphatic hydroxyl groups excluding tert-OH is 1. The lowest BCUT2D eigenvalue weighted by Gasteiger charge is -2.22. The third-order valence-corrected chi connectivity index (χ3v) is 3.48. The second kappa shape index (κ2) is 8.57. The van der Waals surface area contributed by atoms with Gasteiger partial charge in [-0.1, -0.05) is 60.7 Å². The van der Waals surface area contributed by atoms with Crippen LogP contribution in [0.1, 0.15) is 37.2 Å². The minimum Gasteiger partial charge on any atom is -0.454 e. The van der Waals surface area contributed by atoms with E-state index in [0.29, 0.717) is 11.1 Å². The molecule has 4 nitrogen and oxygen atoms in total. The highest BCUT2D eigenvalue weighted by molar-refractivity contribution is 7.79. The van der Waals surface area contributed by atoms with Crippen LogP contribution in [0.4, 0.5) is 0 Å². The van der Waals surface area contributed by atoms with Crippen molar-refractivity contribution in [3.8, 4) is 0 Å². The molecule has 126 valence electrons. The Labute approximate surface area is 147 Å². The van der Waals surface area contributed by atoms with Gasteiger partial charge in [0.25, 0.3) is 0 Å². The number of Topliss-reactive ketones (excluding diaryl/α,β-unsaturated/α-hetero) is 1. The molecule has 0 aliphatic heterocycles. The van der Waals surface area contributed by atoms with Crippen molar-refractivity contribution in [3.05, 3.63) is 71.8 Å². The maximum Gasteiger partial charge on any atom is 0.353 e. The number of ketones is 1. The molecule has 0 spiro atoms. The monoisotopic (exact) mass is 344 g/mol. The largest absolute Gasteiger partial charge is 0.454 e. The minimum absolute atomic E-state index is 0.118. The number of hydrogen-bond acceptors (Lipinski definition) is 5. The molecular weight excluding hydrogens is 324 g/mol. The maximum absolute atomic E-state index is 12.8. The van der Waals surface area contributed by atoms with Crippen molar-refractivity contribution in [2.75, 3.05) is 0 Å². The van der Waals surface area contributed by atoms with Crippen LogP contribution in [-0.4, -0.2) is 22.2 Å². The van der Waals surface area contributed by atoms with Crippen LogP contribution in [0.5, 0.6) is 0 Å². The quantitative estimate of drug-likeness (QED) is 0.809. The Bertz CT molecular complexity index is 670. The molecule has 5 heteroatoms. The number of ether oxygens (including phenoxy) is 2. The molecule has 2 aromatic carbocycles. The van der Waals surface area contributed by atoms with Gasteiger partial charge in [-0.15, -0.1) is 0 Å². The predicted molar refractivity (Wildman–Crippen MR) is 95.5 cm³/mol. The van der Waals surface area contributed by atoms with Gasteiger partial charge in [0.05, 0.1) is 6.10 Å². The molecule has 0 radical (unpaired) electrons. The molecule has 2 aromatic rings. The Hall–Kier alpha value is -2.24. The molecule has 1 N–H and O–H groups in total. The van der Waals surface area contributed by atoms with E-state index in [0.717, 1.165) is 0 Å². The van der Waals surface area contributed by atoms with Crippen molar-refractivity contribution in [1.29, 1.82) is 0 Å². The molecule has 0 amide bonds. The molecule has 0 saturated heterocycles. The summed E-state index contributed by atoms with van der Waals surface area (Å²) >= 11 is 5.05. The smallest absolute Gasteiger partial charge is 0.353 e. The van der Waals surface area contributed by atoms with E-state index in [9.17, 15) is 9.90 Å². The molecule has 2 atom stereocenters. The number of carbonyl (C=O) groups excluding carboxylic acids is 1. The summed E-state index contributed by atoms with van der Waals surface area (Å²) in [6.45, 7) is 3.63. The number of hydrogen-bond donors (Lipinski definition) is 1. The summed E-state index contributed by atoms with van der Waals surface area (Å²) in [5.41, 5.74) is 1.11. The van der Waals surface area contributed by atoms with Crippen LogP contribution in [0.2, 0.25) is 0 Å². The highest BCUT2D eigenvalue weighted by Crippen LogP contribution is 2.26. The van der Waals surface area contributed by atoms with E-state index in [2.05, 4.69) is 0 Å². The highest BCUT2D eigenvalue weighted by Gasteiger charge is 2.31. The van der Waals surface area contributed by atoms with Gasteiger partial charge >= 0.3 is 5.24 Å². The fourth-order valence-electron chi connectivity index (χ4n) is 2.18. The fraction of sp³-hybridized carbons (Fsp3) is 0.263. The zero-order valence-electron chi connectivity index (χ0n) is 13.6. The maximum atomic E-state index is 12.8. The van der Waals surface area contributed by atoms with Crippen LogP contribution in [-0.2, 0) is 14.3 Å². The summed E-state index contributed by atoms with van der Waals surface area (Å²) in [4.78, 5) is 12.8. The number of carbonyl (C=O) groups is 1. The lowest BCUT2D eigenvalue weighted by molar-refractivity contribution is -0.136. The molecular formula is C19H20O4S. The Morgan fingerprint density at radius 1 is 0.917 bits per heavy atom. The summed E-state index contributed by atoms with van der Waals surface area (Å²) in [6, 6.07) is 17.6. The first-order chi connectivity index (χ1) is 11.5. The third-order valence-electron chi connectivity index (χ3n) is 3.29. The van der Waals surface area contributed by atoms with Gasteiger partial charge < -0.3 is 14.6 Å². The highest BCUT2D eigenvalue weighted by atomic mass is 32.1. The fourth-order valence-corrected chi connectivity index (χ4v) is 2.47. The molecule has 0 fully saturated rings. The Morgan fingerprint density at radius 2 is 1.42 bits per heavy atom. The molecule has 0 saturated carbocycles. The molecule has 0 aliphatic carbocycles. The van der Waals surface area contributed by atoms with Crippen molar-refractivity contribution in [2.24, 2.45) is 0 Å². The van der Waals surface area contributed by atoms with E-state index in [4.69, 9.17) is 21.7 Å². The summed E-state index contributed by atoms with van der Waals surface area (Å²) < 4.78 is 10.9. The van der Waals surface area contributed by atoms with Gasteiger partial charge in [0, 0.05) is 17.8 Å². The molecule has 0 heterocycles. The number of benzene rings is 2. The van der Waals surface area contributed by atoms with Crippen molar-refractivity contribution >= 4 is 23.2 Å². The van der Waals surface area contributed by atoms with E-state index in [1.54, 1.807) is 48.5 Å². The van der Waals surface area contributed by atoms with Crippen LogP contribution >= 0.6 is 12.2 Å². The van der Waals surface area contributed by atoms with Crippen molar-refractivity contribution in [3.63, 3.8) is 0 Å². The van der Waals surface area contributed by atoms with Gasteiger partial charge in [0.15, 0.2) is 6.10 Å². The molecule has 0 aromatic heterocycles. The Morgan fingerprint density at radius 3 is 1.92 bits per heavy atom. The van der Waals surface area contributed by atoms with E-state index >= 15 is 0 Å². The number of rotatable bonds is 6. The molecule has 2 unspecified atom stereocenters. The average Bonchev–Trinajstić information content (AvgIpc) is 2.59. The second-order valence-electron chi connectivity index (χ2n) is 5.54. The number of aliphatic hydroxyl groups is 1. The summed E-state index contributed by atoms with van der Waals surface area (Å²) in [6.07, 6.45) is -2.51. The van der Waals surface area contributed by atoms with Crippen LogP contribution in [0, 0.1) is 0 Å². The zero-order valence-corrected chi connectivity index (χ0v) is 14.4. The van der Waals surface area contributed by atoms with Gasteiger partial charge in [-0.3, -0.25) is 4.79 Å². The first-order valence-corrected chi connectivity index (χ1v) is 8.09. The van der Waals surface area contributed by atoms with Crippen LogP contribution in [0.3, 0.4) is 0 Å². The SMILES string of the molecule is CC(C)OC(=S)OC(C(=O)C(O)c1ccccc1)c1ccccc1. The van der Waals surface area contributed by atoms with Gasteiger partial charge in [-0.25, -0.2) is 0 Å². The van der Waals surface area contributed by atoms with Gasteiger partial charge in [0.1, 0.15) is 6.10 Å². The minimum atomic E-state index is -1.31. The third kappa shape index (κ3) is 4.88. The second-order valence-corrected chi connectivity index (χ2v) is 5.87. The van der Waals surface area contributed by atoms with E-state index in [1.807, 2.05) is 26.0 Å². The average molecular weight is 344 g/mol. The lowest BCUT2D eigenvalue weighted by atomic mass is 9.97. The lowest BCUT2D eigenvalue weighted by Crippen LogP contribution is -2.26. The standard InChI is InChI=1S/C19H20O4S/c1-13(2)22-19(24)23-18(15-11-7-4-8-12-15)17(21)16(20)14-9-5-3-6-10-14/h3-13,16,18,20H,1-2H3. The molecule has 24 heavy (non-hydrogen) atoms. The van der Waals surface area contributed by atoms with Gasteiger partial charge in [-0.2, -0.15) is 0 Å². The van der Waals surface area contributed by atoms with Crippen LogP contribution in [0.25, 0.3) is 0 Å². The topological polar surface area (TPSA) is 55.8 Å². The predicted octanol–water partition coefficient (Wildman–Crippen LogP) is 3.76. The van der Waals surface area contributed by atoms with Crippen LogP contribution in [0.15, 0.2) is 60.7 Å². The number of thiocarbonyl (C=S) groups is 1. The Balaban J connectivity index is 2.25. The Kier molecular flexibility index (Phi) is 6.46. The van der Waals surface area contributed by atoms with Crippen LogP contribution < -0.4 is 0 Å². The zero-order chi connectivity index (χ0) is 17.5. The normalized spacial score (nSPS) is 13.2. The molecule has 2 rings (SSSR count). The van der Waals surface area contributed by atoms with E-state index in [-0.39, 0.29) is 11.3 Å². The van der Waals surface area contributed by atoms with Crippen molar-refractivity contribution in [1.82, 2.24) is 0 Å². The first-order valence-electron chi connectivity index (χ1n) is 7.68. The summed E-state index contributed by atoms with van der Waals surface area (Å²) in [5.74, 6) is -0.498. The van der Waals surface area contributed by atoms with Gasteiger partial charge in [0.2, 0.25) is 5.78 Å². The van der Waals surface area contributed by atoms with Gasteiger partial charge in [-0.05, 0) is 19.4 Å². The summed E-state index contributed by atoms with van der Waals surface area (Å²) in [5, 5.41) is 10.3. The molecule has 0 aliphatic rings. The van der Waals surface area contributed by atoms with Crippen molar-refractivity contribution < 1.29 is 19.4 Å². The molecule has 0 bridgehead atoms. The summed E-state index contributed by atoms with van der Waals surface area (Å²) in [7, 11) is 0. The van der Waals surface area contributed by atoms with E-state index < -0.39 is 18.0 Å². The van der Waals surface area contributed by atoms with Crippen molar-refractivity contribution in [2.45, 2.75) is 32.2 Å². The van der Waals surface area contributed by atoms with E-state index in [1.165, 1.54) is 0 Å². The first kappa shape index (κ1) is 18.1.